The van der Waals surface area contributed by atoms with Crippen LogP contribution in [0, 0.1) is 6.92 Å². The number of nitrogens with one attached hydrogen (secondary N) is 3. The Bertz CT molecular complexity index is 816. The molecular formula is C25H39IN4O3. The highest BCUT2D eigenvalue weighted by Crippen LogP contribution is 2.20. The van der Waals surface area contributed by atoms with Crippen molar-refractivity contribution in [2.45, 2.75) is 33.9 Å². The van der Waals surface area contributed by atoms with E-state index in [2.05, 4.69) is 72.3 Å². The molecule has 33 heavy (non-hydrogen) atoms. The Morgan fingerprint density at radius 1 is 0.970 bits per heavy atom. The van der Waals surface area contributed by atoms with Crippen LogP contribution in [0.1, 0.15) is 30.5 Å². The molecule has 184 valence electrons. The van der Waals surface area contributed by atoms with Crippen molar-refractivity contribution in [1.29, 1.82) is 0 Å². The molecule has 0 aromatic heterocycles. The average molecular weight is 571 g/mol. The maximum Gasteiger partial charge on any atom is 0.191 e. The van der Waals surface area contributed by atoms with Gasteiger partial charge in [-0.25, -0.2) is 4.99 Å². The number of guanidine groups is 1. The van der Waals surface area contributed by atoms with E-state index >= 15 is 0 Å². The minimum atomic E-state index is 0. The summed E-state index contributed by atoms with van der Waals surface area (Å²) in [5.41, 5.74) is 4.48. The molecule has 0 saturated heterocycles. The zero-order chi connectivity index (χ0) is 23.0. The van der Waals surface area contributed by atoms with Crippen molar-refractivity contribution in [3.63, 3.8) is 0 Å². The van der Waals surface area contributed by atoms with Gasteiger partial charge in [-0.15, -0.1) is 24.0 Å². The number of anilines is 1. The van der Waals surface area contributed by atoms with Crippen molar-refractivity contribution in [3.8, 4) is 5.75 Å². The molecule has 3 N–H and O–H groups in total. The molecule has 0 aliphatic heterocycles. The van der Waals surface area contributed by atoms with E-state index in [0.29, 0.717) is 39.5 Å². The summed E-state index contributed by atoms with van der Waals surface area (Å²) in [5.74, 6) is 1.65. The van der Waals surface area contributed by atoms with E-state index < -0.39 is 0 Å². The third-order valence-corrected chi connectivity index (χ3v) is 4.71. The van der Waals surface area contributed by atoms with Gasteiger partial charge >= 0.3 is 0 Å². The minimum absolute atomic E-state index is 0. The molecule has 0 atom stereocenters. The molecule has 2 aromatic rings. The summed E-state index contributed by atoms with van der Waals surface area (Å²) < 4.78 is 16.4. The maximum atomic E-state index is 5.95. The molecule has 7 nitrogen and oxygen atoms in total. The molecule has 0 amide bonds. The minimum Gasteiger partial charge on any atom is -0.491 e. The number of rotatable bonds is 14. The Balaban J connectivity index is 0.00000544. The lowest BCUT2D eigenvalue weighted by atomic mass is 10.1. The van der Waals surface area contributed by atoms with Crippen molar-refractivity contribution in [1.82, 2.24) is 10.6 Å². The topological polar surface area (TPSA) is 76.1 Å². The number of methoxy groups -OCH3 is 1. The molecular weight excluding hydrogens is 531 g/mol. The van der Waals surface area contributed by atoms with Crippen molar-refractivity contribution >= 4 is 35.6 Å². The lowest BCUT2D eigenvalue weighted by Crippen LogP contribution is -2.36. The van der Waals surface area contributed by atoms with Crippen molar-refractivity contribution in [3.05, 3.63) is 59.2 Å². The third kappa shape index (κ3) is 11.6. The number of aryl methyl sites for hydroxylation is 1. The van der Waals surface area contributed by atoms with Crippen LogP contribution in [0.25, 0.3) is 0 Å². The first-order valence-electron chi connectivity index (χ1n) is 11.3. The Labute approximate surface area is 215 Å². The lowest BCUT2D eigenvalue weighted by molar-refractivity contribution is 0.110. The molecule has 2 aromatic carbocycles. The van der Waals surface area contributed by atoms with E-state index in [1.807, 2.05) is 6.92 Å². The second kappa shape index (κ2) is 17.4. The van der Waals surface area contributed by atoms with Crippen LogP contribution < -0.4 is 20.7 Å². The molecule has 0 bridgehead atoms. The van der Waals surface area contributed by atoms with Gasteiger partial charge in [-0.1, -0.05) is 24.3 Å². The maximum absolute atomic E-state index is 5.95. The van der Waals surface area contributed by atoms with Crippen LogP contribution in [-0.4, -0.2) is 52.6 Å². The fraction of sp³-hybridized carbons (Fsp3) is 0.480. The van der Waals surface area contributed by atoms with Crippen LogP contribution in [0.2, 0.25) is 0 Å². The molecule has 0 spiro atoms. The summed E-state index contributed by atoms with van der Waals surface area (Å²) >= 11 is 0. The number of hydrogen-bond acceptors (Lipinski definition) is 5. The van der Waals surface area contributed by atoms with E-state index in [0.717, 1.165) is 41.6 Å². The third-order valence-electron chi connectivity index (χ3n) is 4.71. The number of aliphatic imine (C=N–C) groups is 1. The van der Waals surface area contributed by atoms with Gasteiger partial charge in [0.05, 0.1) is 19.8 Å². The SMILES string of the molecule is CCNC(=NCc1ccc(NCCOC)cc1)NCc1ccc(C)cc1OCCOCC.I. The zero-order valence-corrected chi connectivity index (χ0v) is 22.6. The van der Waals surface area contributed by atoms with E-state index in [1.54, 1.807) is 7.11 Å². The lowest BCUT2D eigenvalue weighted by Gasteiger charge is -2.15. The first-order valence-corrected chi connectivity index (χ1v) is 11.3. The number of halogens is 1. The zero-order valence-electron chi connectivity index (χ0n) is 20.3. The molecule has 8 heteroatoms. The Kier molecular flexibility index (Phi) is 15.3. The van der Waals surface area contributed by atoms with Crippen molar-refractivity contribution in [2.75, 3.05) is 51.9 Å². The van der Waals surface area contributed by atoms with Gasteiger partial charge in [-0.3, -0.25) is 0 Å². The van der Waals surface area contributed by atoms with Crippen molar-refractivity contribution in [2.24, 2.45) is 4.99 Å². The Morgan fingerprint density at radius 3 is 2.45 bits per heavy atom. The van der Waals surface area contributed by atoms with Crippen LogP contribution >= 0.6 is 24.0 Å². The predicted molar refractivity (Wildman–Crippen MR) is 147 cm³/mol. The van der Waals surface area contributed by atoms with E-state index in [9.17, 15) is 0 Å². The highest BCUT2D eigenvalue weighted by Gasteiger charge is 2.06. The molecule has 0 aliphatic rings. The highest BCUT2D eigenvalue weighted by molar-refractivity contribution is 14.0. The second-order valence-corrected chi connectivity index (χ2v) is 7.32. The van der Waals surface area contributed by atoms with Gasteiger partial charge in [-0.05, 0) is 50.1 Å². The molecule has 0 heterocycles. The summed E-state index contributed by atoms with van der Waals surface area (Å²) in [6.07, 6.45) is 0. The summed E-state index contributed by atoms with van der Waals surface area (Å²) in [6.45, 7) is 11.4. The summed E-state index contributed by atoms with van der Waals surface area (Å²) in [5, 5.41) is 10.0. The van der Waals surface area contributed by atoms with Gasteiger partial charge in [0.1, 0.15) is 12.4 Å². The monoisotopic (exact) mass is 570 g/mol. The summed E-state index contributed by atoms with van der Waals surface area (Å²) in [7, 11) is 1.70. The van der Waals surface area contributed by atoms with Gasteiger partial charge in [0.2, 0.25) is 0 Å². The van der Waals surface area contributed by atoms with E-state index in [-0.39, 0.29) is 24.0 Å². The fourth-order valence-electron chi connectivity index (χ4n) is 3.01. The normalized spacial score (nSPS) is 11.0. The molecule has 0 radical (unpaired) electrons. The van der Waals surface area contributed by atoms with Gasteiger partial charge in [0.15, 0.2) is 5.96 Å². The first kappa shape index (κ1) is 29.0. The fourth-order valence-corrected chi connectivity index (χ4v) is 3.01. The molecule has 0 aliphatic carbocycles. The highest BCUT2D eigenvalue weighted by atomic mass is 127. The van der Waals surface area contributed by atoms with Crippen LogP contribution in [-0.2, 0) is 22.6 Å². The smallest absolute Gasteiger partial charge is 0.191 e. The van der Waals surface area contributed by atoms with Crippen LogP contribution in [0.15, 0.2) is 47.5 Å². The molecule has 0 saturated carbocycles. The van der Waals surface area contributed by atoms with Crippen LogP contribution in [0.3, 0.4) is 0 Å². The molecule has 0 fully saturated rings. The standard InChI is InChI=1S/C25H38N4O3.HI/c1-5-26-25(28-18-21-8-11-23(12-9-21)27-13-14-30-4)29-19-22-10-7-20(3)17-24(22)32-16-15-31-6-2;/h7-12,17,27H,5-6,13-16,18-19H2,1-4H3,(H2,26,28,29);1H. The largest absolute Gasteiger partial charge is 0.491 e. The average Bonchev–Trinajstić information content (AvgIpc) is 2.80. The van der Waals surface area contributed by atoms with Gasteiger partial charge in [-0.2, -0.15) is 0 Å². The Hall–Kier alpha value is -2.04. The number of ether oxygens (including phenoxy) is 3. The molecule has 2 rings (SSSR count). The van der Waals surface area contributed by atoms with Crippen LogP contribution in [0.4, 0.5) is 5.69 Å². The number of benzene rings is 2. The predicted octanol–water partition coefficient (Wildman–Crippen LogP) is 4.34. The van der Waals surface area contributed by atoms with Gasteiger partial charge in [0, 0.05) is 44.6 Å². The summed E-state index contributed by atoms with van der Waals surface area (Å²) in [4.78, 5) is 4.73. The first-order chi connectivity index (χ1) is 15.7. The van der Waals surface area contributed by atoms with Gasteiger partial charge in [0.25, 0.3) is 0 Å². The van der Waals surface area contributed by atoms with E-state index in [4.69, 9.17) is 19.2 Å². The number of nitrogens with zero attached hydrogens (tertiary/aromatic N) is 1. The number of hydrogen-bond donors (Lipinski definition) is 3. The Morgan fingerprint density at radius 2 is 1.76 bits per heavy atom. The van der Waals surface area contributed by atoms with Crippen LogP contribution in [0.5, 0.6) is 5.75 Å². The second-order valence-electron chi connectivity index (χ2n) is 7.32. The van der Waals surface area contributed by atoms with E-state index in [1.165, 1.54) is 5.56 Å². The van der Waals surface area contributed by atoms with Gasteiger partial charge < -0.3 is 30.2 Å². The van der Waals surface area contributed by atoms with Crippen molar-refractivity contribution < 1.29 is 14.2 Å². The quantitative estimate of drug-likeness (QED) is 0.136. The molecule has 0 unspecified atom stereocenters. The summed E-state index contributed by atoms with van der Waals surface area (Å²) in [6, 6.07) is 14.6.